The van der Waals surface area contributed by atoms with Gasteiger partial charge >= 0.3 is 5.97 Å². The number of H-pyrrole nitrogens is 1. The van der Waals surface area contributed by atoms with Crippen LogP contribution in [0.5, 0.6) is 0 Å². The van der Waals surface area contributed by atoms with Crippen LogP contribution in [0.3, 0.4) is 0 Å². The highest BCUT2D eigenvalue weighted by Gasteiger charge is 2.25. The quantitative estimate of drug-likeness (QED) is 0.311. The monoisotopic (exact) mass is 416 g/mol. The number of aromatic nitrogens is 3. The number of allylic oxidation sites excluding steroid dienone is 1. The van der Waals surface area contributed by atoms with E-state index in [1.807, 2.05) is 19.9 Å². The number of nitrogens with one attached hydrogen (secondary N) is 1. The third-order valence-electron chi connectivity index (χ3n) is 4.45. The van der Waals surface area contributed by atoms with E-state index in [9.17, 15) is 14.9 Å². The second kappa shape index (κ2) is 9.10. The molecule has 0 aliphatic heterocycles. The molecule has 2 rings (SSSR count). The summed E-state index contributed by atoms with van der Waals surface area (Å²) >= 11 is 6.43. The summed E-state index contributed by atoms with van der Waals surface area (Å²) in [5, 5.41) is 14.4. The fourth-order valence-corrected chi connectivity index (χ4v) is 3.41. The maximum absolute atomic E-state index is 13.0. The number of hydrogen-bond acceptors (Lipinski definition) is 5. The van der Waals surface area contributed by atoms with Crippen molar-refractivity contribution in [3.8, 4) is 6.07 Å². The topological polar surface area (TPSA) is 101 Å². The fraction of sp³-hybridized carbons (Fsp3) is 0.429. The van der Waals surface area contributed by atoms with Crippen LogP contribution in [-0.4, -0.2) is 33.1 Å². The number of ether oxygens (including phenoxy) is 1. The Balaban J connectivity index is 2.48. The Bertz CT molecular complexity index is 1020. The highest BCUT2D eigenvalue weighted by Crippen LogP contribution is 2.26. The normalized spacial score (nSPS) is 11.6. The summed E-state index contributed by atoms with van der Waals surface area (Å²) < 4.78 is 6.72. The molecule has 1 N–H and O–H groups in total. The fourth-order valence-electron chi connectivity index (χ4n) is 3.11. The molecule has 2 heterocycles. The zero-order chi connectivity index (χ0) is 21.9. The number of aromatic amines is 1. The van der Waals surface area contributed by atoms with Crippen molar-refractivity contribution in [3.05, 3.63) is 44.5 Å². The minimum atomic E-state index is -0.518. The lowest BCUT2D eigenvalue weighted by Crippen LogP contribution is -2.08. The average Bonchev–Trinajstić information content (AvgIpc) is 3.08. The average molecular weight is 417 g/mol. The van der Waals surface area contributed by atoms with Crippen LogP contribution in [0.2, 0.25) is 5.15 Å². The predicted molar refractivity (Wildman–Crippen MR) is 111 cm³/mol. The van der Waals surface area contributed by atoms with Gasteiger partial charge in [-0.2, -0.15) is 10.4 Å². The highest BCUT2D eigenvalue weighted by molar-refractivity contribution is 6.31. The number of Topliss-reactive ketones (excluding diaryl/α,β-unsaturated/α-hetero) is 1. The van der Waals surface area contributed by atoms with E-state index in [2.05, 4.69) is 10.1 Å². The molecule has 0 aromatic carbocycles. The number of aryl methyl sites for hydroxylation is 2. The van der Waals surface area contributed by atoms with Gasteiger partial charge in [0.25, 0.3) is 0 Å². The molecule has 0 saturated heterocycles. The number of halogens is 1. The first-order valence-electron chi connectivity index (χ1n) is 9.37. The molecule has 0 fully saturated rings. The lowest BCUT2D eigenvalue weighted by atomic mass is 10.0. The van der Waals surface area contributed by atoms with E-state index in [0.717, 1.165) is 0 Å². The second-order valence-electron chi connectivity index (χ2n) is 7.21. The molecule has 0 saturated carbocycles. The molecule has 29 heavy (non-hydrogen) atoms. The van der Waals surface area contributed by atoms with Crippen LogP contribution in [0.15, 0.2) is 5.57 Å². The van der Waals surface area contributed by atoms with Crippen LogP contribution in [0.25, 0.3) is 6.08 Å². The zero-order valence-corrected chi connectivity index (χ0v) is 18.3. The molecular weight excluding hydrogens is 392 g/mol. The van der Waals surface area contributed by atoms with E-state index < -0.39 is 11.8 Å². The van der Waals surface area contributed by atoms with Gasteiger partial charge in [0.05, 0.1) is 23.6 Å². The molecule has 8 heteroatoms. The Morgan fingerprint density at radius 2 is 2.00 bits per heavy atom. The van der Waals surface area contributed by atoms with Crippen molar-refractivity contribution in [2.75, 3.05) is 6.61 Å². The Kier molecular flexibility index (Phi) is 7.04. The first-order valence-corrected chi connectivity index (χ1v) is 9.75. The third-order valence-corrected chi connectivity index (χ3v) is 4.84. The Morgan fingerprint density at radius 1 is 1.34 bits per heavy atom. The number of hydrogen-bond donors (Lipinski definition) is 1. The largest absolute Gasteiger partial charge is 0.462 e. The Labute approximate surface area is 175 Å². The van der Waals surface area contributed by atoms with Gasteiger partial charge in [-0.15, -0.1) is 0 Å². The Hall–Kier alpha value is -2.85. The molecule has 2 aromatic rings. The van der Waals surface area contributed by atoms with E-state index in [1.165, 1.54) is 6.08 Å². The molecule has 0 aliphatic rings. The first-order chi connectivity index (χ1) is 13.6. The molecule has 0 bridgehead atoms. The summed E-state index contributed by atoms with van der Waals surface area (Å²) in [6.45, 7) is 11.8. The van der Waals surface area contributed by atoms with Crippen molar-refractivity contribution < 1.29 is 14.3 Å². The van der Waals surface area contributed by atoms with Gasteiger partial charge in [0.1, 0.15) is 16.8 Å². The number of nitrogens with zero attached hydrogens (tertiary/aromatic N) is 3. The van der Waals surface area contributed by atoms with E-state index >= 15 is 0 Å². The number of rotatable bonds is 7. The van der Waals surface area contributed by atoms with Crippen molar-refractivity contribution in [1.82, 2.24) is 14.8 Å². The van der Waals surface area contributed by atoms with Gasteiger partial charge in [-0.25, -0.2) is 4.79 Å². The molecular formula is C21H25ClN4O3. The lowest BCUT2D eigenvalue weighted by Gasteiger charge is -2.05. The summed E-state index contributed by atoms with van der Waals surface area (Å²) in [5.74, 6) is -0.684. The summed E-state index contributed by atoms with van der Waals surface area (Å²) in [6.07, 6.45) is 1.45. The van der Waals surface area contributed by atoms with Gasteiger partial charge in [-0.1, -0.05) is 25.4 Å². The lowest BCUT2D eigenvalue weighted by molar-refractivity contribution is 0.0525. The van der Waals surface area contributed by atoms with Crippen LogP contribution in [-0.2, 0) is 11.3 Å². The van der Waals surface area contributed by atoms with E-state index in [-0.39, 0.29) is 17.9 Å². The molecule has 0 unspecified atom stereocenters. The van der Waals surface area contributed by atoms with Crippen LogP contribution < -0.4 is 0 Å². The summed E-state index contributed by atoms with van der Waals surface area (Å²) in [6, 6.07) is 1.94. The number of esters is 1. The number of carbonyl (C=O) groups excluding carboxylic acids is 2. The summed E-state index contributed by atoms with van der Waals surface area (Å²) in [4.78, 5) is 28.1. The standard InChI is InChI=1S/C21H25ClN4O3/c1-7-29-21(28)17-12(4)18(24-14(17)6)19(27)15(9-23)8-16-13(5)25-26(20(16)22)10-11(2)3/h8,11,24H,7,10H2,1-6H3/b15-8+. The molecule has 0 aliphatic carbocycles. The third kappa shape index (κ3) is 4.60. The summed E-state index contributed by atoms with van der Waals surface area (Å²) in [7, 11) is 0. The molecule has 0 amide bonds. The molecule has 0 spiro atoms. The van der Waals surface area contributed by atoms with Gasteiger partial charge in [-0.05, 0) is 45.3 Å². The van der Waals surface area contributed by atoms with E-state index in [0.29, 0.717) is 45.7 Å². The van der Waals surface area contributed by atoms with Gasteiger partial charge < -0.3 is 9.72 Å². The zero-order valence-electron chi connectivity index (χ0n) is 17.5. The molecule has 154 valence electrons. The van der Waals surface area contributed by atoms with Crippen LogP contribution in [0, 0.1) is 38.0 Å². The maximum atomic E-state index is 13.0. The van der Waals surface area contributed by atoms with Crippen molar-refractivity contribution >= 4 is 29.4 Å². The van der Waals surface area contributed by atoms with Gasteiger partial charge in [0, 0.05) is 17.8 Å². The smallest absolute Gasteiger partial charge is 0.340 e. The van der Waals surface area contributed by atoms with Crippen LogP contribution >= 0.6 is 11.6 Å². The molecule has 7 nitrogen and oxygen atoms in total. The molecule has 2 aromatic heterocycles. The van der Waals surface area contributed by atoms with E-state index in [4.69, 9.17) is 16.3 Å². The van der Waals surface area contributed by atoms with Crippen molar-refractivity contribution in [2.24, 2.45) is 5.92 Å². The van der Waals surface area contributed by atoms with Crippen molar-refractivity contribution in [3.63, 3.8) is 0 Å². The first kappa shape index (κ1) is 22.4. The minimum absolute atomic E-state index is 0.0983. The number of nitriles is 1. The number of ketones is 1. The van der Waals surface area contributed by atoms with Crippen molar-refractivity contribution in [1.29, 1.82) is 5.26 Å². The van der Waals surface area contributed by atoms with E-state index in [1.54, 1.807) is 32.4 Å². The second-order valence-corrected chi connectivity index (χ2v) is 7.57. The predicted octanol–water partition coefficient (Wildman–Crippen LogP) is 4.41. The Morgan fingerprint density at radius 3 is 2.55 bits per heavy atom. The SMILES string of the molecule is CCOC(=O)c1c(C)[nH]c(C(=O)/C(C#N)=C/c2c(C)nn(CC(C)C)c2Cl)c1C. The van der Waals surface area contributed by atoms with Gasteiger partial charge in [0.2, 0.25) is 5.78 Å². The number of carbonyl (C=O) groups is 2. The molecule has 0 radical (unpaired) electrons. The van der Waals surface area contributed by atoms with Gasteiger partial charge in [0.15, 0.2) is 0 Å². The maximum Gasteiger partial charge on any atom is 0.340 e. The van der Waals surface area contributed by atoms with Crippen LogP contribution in [0.1, 0.15) is 64.1 Å². The van der Waals surface area contributed by atoms with Gasteiger partial charge in [-0.3, -0.25) is 9.48 Å². The minimum Gasteiger partial charge on any atom is -0.462 e. The van der Waals surface area contributed by atoms with Crippen molar-refractivity contribution in [2.45, 2.75) is 48.1 Å². The highest BCUT2D eigenvalue weighted by atomic mass is 35.5. The van der Waals surface area contributed by atoms with Crippen LogP contribution in [0.4, 0.5) is 0 Å². The summed E-state index contributed by atoms with van der Waals surface area (Å²) in [5.41, 5.74) is 2.52. The molecule has 0 atom stereocenters.